The Balaban J connectivity index is 3.02. The molecular weight excluding hydrogens is 213 g/mol. The van der Waals surface area contributed by atoms with E-state index in [-0.39, 0.29) is 5.82 Å². The van der Waals surface area contributed by atoms with E-state index >= 15 is 0 Å². The monoisotopic (exact) mass is 229 g/mol. The Hall–Kier alpha value is -0.760. The maximum atomic E-state index is 13.0. The van der Waals surface area contributed by atoms with Crippen molar-refractivity contribution < 1.29 is 4.39 Å². The Morgan fingerprint density at radius 1 is 1.47 bits per heavy atom. The fourth-order valence-electron chi connectivity index (χ4n) is 1.52. The quantitative estimate of drug-likeness (QED) is 0.710. The van der Waals surface area contributed by atoms with E-state index in [0.29, 0.717) is 11.9 Å². The van der Waals surface area contributed by atoms with Crippen LogP contribution in [0.3, 0.4) is 0 Å². The molecule has 1 aromatic rings. The number of nitrogens with zero attached hydrogens (tertiary/aromatic N) is 1. The molecule has 0 aliphatic carbocycles. The van der Waals surface area contributed by atoms with Crippen molar-refractivity contribution in [3.8, 4) is 0 Å². The number of hydrogen-bond donors (Lipinski definition) is 0. The van der Waals surface area contributed by atoms with E-state index in [4.69, 9.17) is 11.6 Å². The minimum absolute atomic E-state index is 0.230. The molecule has 0 saturated carbocycles. The van der Waals surface area contributed by atoms with E-state index in [1.807, 2.05) is 7.05 Å². The van der Waals surface area contributed by atoms with Crippen LogP contribution in [0.2, 0.25) is 0 Å². The maximum absolute atomic E-state index is 13.0. The van der Waals surface area contributed by atoms with Crippen molar-refractivity contribution >= 4 is 17.3 Å². The molecule has 1 rings (SSSR count). The second kappa shape index (κ2) is 5.36. The van der Waals surface area contributed by atoms with Gasteiger partial charge in [0.15, 0.2) is 0 Å². The lowest BCUT2D eigenvalue weighted by Crippen LogP contribution is -2.28. The molecular formula is C12H17ClFN. The number of halogens is 2. The molecule has 3 heteroatoms. The third-order valence-electron chi connectivity index (χ3n) is 2.82. The van der Waals surface area contributed by atoms with Gasteiger partial charge in [0, 0.05) is 24.7 Å². The van der Waals surface area contributed by atoms with Gasteiger partial charge in [-0.25, -0.2) is 4.39 Å². The molecule has 1 aromatic carbocycles. The second-order valence-electron chi connectivity index (χ2n) is 3.77. The van der Waals surface area contributed by atoms with Gasteiger partial charge in [-0.05, 0) is 37.1 Å². The van der Waals surface area contributed by atoms with Crippen molar-refractivity contribution in [2.45, 2.75) is 32.2 Å². The number of anilines is 1. The average molecular weight is 230 g/mol. The van der Waals surface area contributed by atoms with Crippen LogP contribution in [0.15, 0.2) is 18.2 Å². The lowest BCUT2D eigenvalue weighted by molar-refractivity contribution is 0.623. The topological polar surface area (TPSA) is 3.24 Å². The second-order valence-corrected chi connectivity index (χ2v) is 4.04. The van der Waals surface area contributed by atoms with E-state index in [9.17, 15) is 4.39 Å². The summed E-state index contributed by atoms with van der Waals surface area (Å²) in [7, 11) is 2.01. The molecule has 0 aliphatic rings. The highest BCUT2D eigenvalue weighted by Crippen LogP contribution is 2.24. The van der Waals surface area contributed by atoms with Gasteiger partial charge >= 0.3 is 0 Å². The van der Waals surface area contributed by atoms with E-state index in [1.54, 1.807) is 6.07 Å². The van der Waals surface area contributed by atoms with Crippen LogP contribution in [-0.2, 0) is 5.88 Å². The zero-order valence-electron chi connectivity index (χ0n) is 9.43. The van der Waals surface area contributed by atoms with Crippen molar-refractivity contribution in [3.63, 3.8) is 0 Å². The summed E-state index contributed by atoms with van der Waals surface area (Å²) in [5.74, 6) is 0.111. The fraction of sp³-hybridized carbons (Fsp3) is 0.500. The smallest absolute Gasteiger partial charge is 0.123 e. The van der Waals surface area contributed by atoms with Gasteiger partial charge in [-0.3, -0.25) is 0 Å². The molecule has 1 unspecified atom stereocenters. The molecule has 0 amide bonds. The summed E-state index contributed by atoms with van der Waals surface area (Å²) >= 11 is 5.80. The highest BCUT2D eigenvalue weighted by molar-refractivity contribution is 6.17. The third kappa shape index (κ3) is 2.85. The lowest BCUT2D eigenvalue weighted by Gasteiger charge is -2.28. The Labute approximate surface area is 95.8 Å². The Morgan fingerprint density at radius 3 is 2.67 bits per heavy atom. The van der Waals surface area contributed by atoms with Crippen molar-refractivity contribution in [2.24, 2.45) is 0 Å². The van der Waals surface area contributed by atoms with Crippen LogP contribution in [0.1, 0.15) is 25.8 Å². The normalized spacial score (nSPS) is 12.6. The molecule has 0 spiro atoms. The lowest BCUT2D eigenvalue weighted by atomic mass is 10.1. The van der Waals surface area contributed by atoms with Crippen LogP contribution in [0.25, 0.3) is 0 Å². The molecule has 0 aliphatic heterocycles. The molecule has 0 saturated heterocycles. The highest BCUT2D eigenvalue weighted by atomic mass is 35.5. The molecule has 15 heavy (non-hydrogen) atoms. The number of rotatable bonds is 4. The van der Waals surface area contributed by atoms with E-state index in [1.165, 1.54) is 12.1 Å². The van der Waals surface area contributed by atoms with Crippen molar-refractivity contribution in [1.29, 1.82) is 0 Å². The summed E-state index contributed by atoms with van der Waals surface area (Å²) < 4.78 is 13.0. The highest BCUT2D eigenvalue weighted by Gasteiger charge is 2.12. The third-order valence-corrected chi connectivity index (χ3v) is 3.11. The summed E-state index contributed by atoms with van der Waals surface area (Å²) in [4.78, 5) is 2.14. The van der Waals surface area contributed by atoms with Crippen LogP contribution < -0.4 is 4.90 Å². The Morgan fingerprint density at radius 2 is 2.13 bits per heavy atom. The summed E-state index contributed by atoms with van der Waals surface area (Å²) in [6.07, 6.45) is 1.05. The average Bonchev–Trinajstić information content (AvgIpc) is 2.26. The minimum atomic E-state index is -0.230. The van der Waals surface area contributed by atoms with Gasteiger partial charge in [0.25, 0.3) is 0 Å². The van der Waals surface area contributed by atoms with Crippen LogP contribution in [0.4, 0.5) is 10.1 Å². The molecule has 1 nitrogen and oxygen atoms in total. The Bertz CT molecular complexity index is 327. The summed E-state index contributed by atoms with van der Waals surface area (Å²) in [5, 5.41) is 0. The molecule has 1 atom stereocenters. The van der Waals surface area contributed by atoms with Crippen molar-refractivity contribution in [2.75, 3.05) is 11.9 Å². The van der Waals surface area contributed by atoms with Gasteiger partial charge in [-0.1, -0.05) is 6.92 Å². The standard InChI is InChI=1S/C12H17ClFN/c1-4-9(2)15(3)12-6-5-11(14)7-10(12)8-13/h5-7,9H,4,8H2,1-3H3. The van der Waals surface area contributed by atoms with Gasteiger partial charge in [-0.2, -0.15) is 0 Å². The van der Waals surface area contributed by atoms with E-state index in [0.717, 1.165) is 17.7 Å². The van der Waals surface area contributed by atoms with Gasteiger partial charge in [0.2, 0.25) is 0 Å². The minimum Gasteiger partial charge on any atom is -0.372 e. The van der Waals surface area contributed by atoms with Crippen LogP contribution in [0.5, 0.6) is 0 Å². The first-order chi connectivity index (χ1) is 7.10. The van der Waals surface area contributed by atoms with E-state index < -0.39 is 0 Å². The number of benzene rings is 1. The summed E-state index contributed by atoms with van der Waals surface area (Å²) in [5.41, 5.74) is 1.86. The number of alkyl halides is 1. The number of hydrogen-bond acceptors (Lipinski definition) is 1. The Kier molecular flexibility index (Phi) is 4.40. The SMILES string of the molecule is CCC(C)N(C)c1ccc(F)cc1CCl. The molecule has 0 N–H and O–H groups in total. The maximum Gasteiger partial charge on any atom is 0.123 e. The molecule has 0 heterocycles. The summed E-state index contributed by atoms with van der Waals surface area (Å²) in [6.45, 7) is 4.27. The summed E-state index contributed by atoms with van der Waals surface area (Å²) in [6, 6.07) is 5.20. The van der Waals surface area contributed by atoms with Gasteiger partial charge < -0.3 is 4.90 Å². The molecule has 0 bridgehead atoms. The first kappa shape index (κ1) is 12.3. The van der Waals surface area contributed by atoms with Crippen LogP contribution >= 0.6 is 11.6 Å². The molecule has 0 fully saturated rings. The first-order valence-electron chi connectivity index (χ1n) is 5.17. The van der Waals surface area contributed by atoms with Crippen molar-refractivity contribution in [1.82, 2.24) is 0 Å². The first-order valence-corrected chi connectivity index (χ1v) is 5.70. The van der Waals surface area contributed by atoms with Gasteiger partial charge in [0.1, 0.15) is 5.82 Å². The zero-order valence-corrected chi connectivity index (χ0v) is 10.2. The van der Waals surface area contributed by atoms with E-state index in [2.05, 4.69) is 18.7 Å². The fourth-order valence-corrected chi connectivity index (χ4v) is 1.73. The predicted molar refractivity (Wildman–Crippen MR) is 64.1 cm³/mol. The molecule has 84 valence electrons. The molecule has 0 radical (unpaired) electrons. The predicted octanol–water partition coefficient (Wildman–Crippen LogP) is 3.80. The zero-order chi connectivity index (χ0) is 11.4. The molecule has 0 aromatic heterocycles. The van der Waals surface area contributed by atoms with Crippen LogP contribution in [0, 0.1) is 5.82 Å². The van der Waals surface area contributed by atoms with Gasteiger partial charge in [0.05, 0.1) is 0 Å². The van der Waals surface area contributed by atoms with Gasteiger partial charge in [-0.15, -0.1) is 11.6 Å². The van der Waals surface area contributed by atoms with Crippen molar-refractivity contribution in [3.05, 3.63) is 29.6 Å². The van der Waals surface area contributed by atoms with Crippen LogP contribution in [-0.4, -0.2) is 13.1 Å². The largest absolute Gasteiger partial charge is 0.372 e.